The number of hydrogen-bond donors (Lipinski definition) is 0. The summed E-state index contributed by atoms with van der Waals surface area (Å²) in [6, 6.07) is 22.0. The van der Waals surface area contributed by atoms with Gasteiger partial charge >= 0.3 is 0 Å². The first kappa shape index (κ1) is 42.5. The number of ketones is 2. The Morgan fingerprint density at radius 3 is 1.17 bits per heavy atom. The molecule has 10 nitrogen and oxygen atoms in total. The van der Waals surface area contributed by atoms with Crippen LogP contribution in [-0.2, 0) is 0 Å². The maximum absolute atomic E-state index is 12.7. The average molecular weight is 741 g/mol. The molecule has 0 aliphatic rings. The fraction of sp³-hybridized carbons (Fsp3) is 0.318. The Morgan fingerprint density at radius 2 is 0.833 bits per heavy atom. The van der Waals surface area contributed by atoms with Gasteiger partial charge in [0.25, 0.3) is 0 Å². The van der Waals surface area contributed by atoms with Gasteiger partial charge in [-0.15, -0.1) is 0 Å². The number of methoxy groups -OCH3 is 6. The third-order valence-corrected chi connectivity index (χ3v) is 8.12. The van der Waals surface area contributed by atoms with Crippen molar-refractivity contribution in [2.24, 2.45) is 0 Å². The SMILES string of the molecule is CCCCOc1ccccc1/C=C/C(=O)c1ccc(OC)c(OC)c1OC.CCCCOc1ccccc1/C=C/C(=O)c1ccc(OC)c(OC)c1OC. The van der Waals surface area contributed by atoms with Crippen LogP contribution < -0.4 is 37.9 Å². The van der Waals surface area contributed by atoms with E-state index in [9.17, 15) is 9.59 Å². The Kier molecular flexibility index (Phi) is 18.0. The fourth-order valence-electron chi connectivity index (χ4n) is 5.25. The Bertz CT molecular complexity index is 1730. The van der Waals surface area contributed by atoms with Crippen molar-refractivity contribution in [3.63, 3.8) is 0 Å². The number of hydrogen-bond acceptors (Lipinski definition) is 10. The molecule has 0 N–H and O–H groups in total. The monoisotopic (exact) mass is 740 g/mol. The summed E-state index contributed by atoms with van der Waals surface area (Å²) in [6.07, 6.45) is 10.6. The molecule has 0 amide bonds. The summed E-state index contributed by atoms with van der Waals surface area (Å²) in [5, 5.41) is 0. The van der Waals surface area contributed by atoms with Gasteiger partial charge < -0.3 is 37.9 Å². The summed E-state index contributed by atoms with van der Waals surface area (Å²) in [5.41, 5.74) is 2.49. The molecule has 0 fully saturated rings. The number of unbranched alkanes of at least 4 members (excludes halogenated alkanes) is 2. The molecule has 4 aromatic carbocycles. The number of carbonyl (C=O) groups excluding carboxylic acids is 2. The Hall–Kier alpha value is -5.90. The molecule has 0 aromatic heterocycles. The van der Waals surface area contributed by atoms with Crippen LogP contribution in [0.25, 0.3) is 12.2 Å². The van der Waals surface area contributed by atoms with E-state index >= 15 is 0 Å². The number of rotatable bonds is 20. The Labute approximate surface area is 319 Å². The predicted octanol–water partition coefficient (Wildman–Crippen LogP) is 9.57. The largest absolute Gasteiger partial charge is 0.493 e. The van der Waals surface area contributed by atoms with Crippen molar-refractivity contribution in [3.05, 3.63) is 107 Å². The fourth-order valence-corrected chi connectivity index (χ4v) is 5.25. The highest BCUT2D eigenvalue weighted by molar-refractivity contribution is 6.10. The topological polar surface area (TPSA) is 108 Å². The molecule has 0 atom stereocenters. The van der Waals surface area contributed by atoms with Gasteiger partial charge in [-0.1, -0.05) is 63.1 Å². The minimum absolute atomic E-state index is 0.198. The second-order valence-electron chi connectivity index (χ2n) is 11.6. The van der Waals surface area contributed by atoms with Crippen LogP contribution in [0.5, 0.6) is 46.0 Å². The van der Waals surface area contributed by atoms with Crippen molar-refractivity contribution < 1.29 is 47.5 Å². The van der Waals surface area contributed by atoms with E-state index in [1.165, 1.54) is 54.8 Å². The molecule has 4 rings (SSSR count). The van der Waals surface area contributed by atoms with Gasteiger partial charge in [-0.2, -0.15) is 0 Å². The van der Waals surface area contributed by atoms with Crippen molar-refractivity contribution in [1.82, 2.24) is 0 Å². The predicted molar refractivity (Wildman–Crippen MR) is 213 cm³/mol. The third kappa shape index (κ3) is 11.6. The van der Waals surface area contributed by atoms with Crippen molar-refractivity contribution in [2.45, 2.75) is 39.5 Å². The smallest absolute Gasteiger partial charge is 0.204 e. The maximum Gasteiger partial charge on any atom is 0.204 e. The van der Waals surface area contributed by atoms with Crippen molar-refractivity contribution >= 4 is 23.7 Å². The van der Waals surface area contributed by atoms with Crippen LogP contribution in [0.15, 0.2) is 84.9 Å². The minimum Gasteiger partial charge on any atom is -0.493 e. The highest BCUT2D eigenvalue weighted by Gasteiger charge is 2.20. The van der Waals surface area contributed by atoms with Gasteiger partial charge in [0.15, 0.2) is 34.6 Å². The summed E-state index contributed by atoms with van der Waals surface area (Å²) in [4.78, 5) is 25.5. The van der Waals surface area contributed by atoms with Gasteiger partial charge in [0.05, 0.1) is 67.0 Å². The van der Waals surface area contributed by atoms with Crippen LogP contribution in [0, 0.1) is 0 Å². The number of ether oxygens (including phenoxy) is 8. The lowest BCUT2D eigenvalue weighted by Gasteiger charge is -2.14. The second kappa shape index (κ2) is 22.9. The first-order chi connectivity index (χ1) is 26.3. The molecule has 0 bridgehead atoms. The molecular formula is C44H52O10. The van der Waals surface area contributed by atoms with E-state index in [1.807, 2.05) is 48.5 Å². The molecule has 0 saturated heterocycles. The zero-order chi connectivity index (χ0) is 39.3. The van der Waals surface area contributed by atoms with E-state index in [0.717, 1.165) is 48.3 Å². The van der Waals surface area contributed by atoms with E-state index in [4.69, 9.17) is 37.9 Å². The normalized spacial score (nSPS) is 10.7. The van der Waals surface area contributed by atoms with Crippen LogP contribution in [0.3, 0.4) is 0 Å². The van der Waals surface area contributed by atoms with E-state index in [-0.39, 0.29) is 11.6 Å². The molecule has 0 aliphatic heterocycles. The van der Waals surface area contributed by atoms with Crippen LogP contribution in [0.1, 0.15) is 71.4 Å². The third-order valence-electron chi connectivity index (χ3n) is 8.12. The Morgan fingerprint density at radius 1 is 0.463 bits per heavy atom. The van der Waals surface area contributed by atoms with Gasteiger partial charge in [-0.3, -0.25) is 9.59 Å². The summed E-state index contributed by atoms with van der Waals surface area (Å²) < 4.78 is 43.6. The van der Waals surface area contributed by atoms with Gasteiger partial charge in [-0.25, -0.2) is 0 Å². The minimum atomic E-state index is -0.198. The number of carbonyl (C=O) groups is 2. The van der Waals surface area contributed by atoms with Crippen LogP contribution >= 0.6 is 0 Å². The molecule has 0 radical (unpaired) electrons. The van der Waals surface area contributed by atoms with Gasteiger partial charge in [0, 0.05) is 11.1 Å². The quantitative estimate of drug-likeness (QED) is 0.0494. The summed E-state index contributed by atoms with van der Waals surface area (Å²) in [6.45, 7) is 5.53. The van der Waals surface area contributed by atoms with Gasteiger partial charge in [-0.05, 0) is 73.5 Å². The standard InChI is InChI=1S/2C22H26O5/c2*1-5-6-15-27-19-10-8-7-9-16(19)11-13-18(23)17-12-14-20(24-2)22(26-4)21(17)25-3/h2*7-14H,5-6,15H2,1-4H3/b2*13-11+. The molecule has 0 unspecified atom stereocenters. The molecule has 54 heavy (non-hydrogen) atoms. The zero-order valence-electron chi connectivity index (χ0n) is 32.6. The van der Waals surface area contributed by atoms with Crippen LogP contribution in [0.4, 0.5) is 0 Å². The maximum atomic E-state index is 12.7. The lowest BCUT2D eigenvalue weighted by molar-refractivity contribution is 0.103. The molecule has 0 aliphatic carbocycles. The van der Waals surface area contributed by atoms with Crippen molar-refractivity contribution in [3.8, 4) is 46.0 Å². The highest BCUT2D eigenvalue weighted by atomic mass is 16.5. The lowest BCUT2D eigenvalue weighted by atomic mass is 10.1. The zero-order valence-corrected chi connectivity index (χ0v) is 32.6. The number of allylic oxidation sites excluding steroid dienone is 2. The average Bonchev–Trinajstić information content (AvgIpc) is 3.21. The molecule has 288 valence electrons. The van der Waals surface area contributed by atoms with Crippen molar-refractivity contribution in [2.75, 3.05) is 55.9 Å². The molecule has 0 heterocycles. The molecule has 4 aromatic rings. The summed E-state index contributed by atoms with van der Waals surface area (Å²) >= 11 is 0. The van der Waals surface area contributed by atoms with Crippen LogP contribution in [-0.4, -0.2) is 67.4 Å². The molecular weight excluding hydrogens is 688 g/mol. The first-order valence-corrected chi connectivity index (χ1v) is 17.8. The van der Waals surface area contributed by atoms with E-state index in [1.54, 1.807) is 36.4 Å². The van der Waals surface area contributed by atoms with Gasteiger partial charge in [0.2, 0.25) is 11.5 Å². The summed E-state index contributed by atoms with van der Waals surface area (Å²) in [7, 11) is 9.08. The molecule has 0 spiro atoms. The highest BCUT2D eigenvalue weighted by Crippen LogP contribution is 2.41. The van der Waals surface area contributed by atoms with Crippen LogP contribution in [0.2, 0.25) is 0 Å². The molecule has 0 saturated carbocycles. The van der Waals surface area contributed by atoms with E-state index < -0.39 is 0 Å². The number of benzene rings is 4. The Balaban J connectivity index is 0.000000290. The van der Waals surface area contributed by atoms with Gasteiger partial charge in [0.1, 0.15) is 11.5 Å². The van der Waals surface area contributed by atoms with E-state index in [2.05, 4.69) is 13.8 Å². The molecule has 10 heteroatoms. The first-order valence-electron chi connectivity index (χ1n) is 17.8. The van der Waals surface area contributed by atoms with Crippen molar-refractivity contribution in [1.29, 1.82) is 0 Å². The van der Waals surface area contributed by atoms with E-state index in [0.29, 0.717) is 58.8 Å². The summed E-state index contributed by atoms with van der Waals surface area (Å²) in [5.74, 6) is 3.60. The lowest BCUT2D eigenvalue weighted by Crippen LogP contribution is -2.03. The number of para-hydroxylation sites is 2. The second-order valence-corrected chi connectivity index (χ2v) is 11.6.